The quantitative estimate of drug-likeness (QED) is 0.541. The maximum Gasteiger partial charge on any atom is 0.262 e. The number of halogens is 1. The van der Waals surface area contributed by atoms with Gasteiger partial charge >= 0.3 is 0 Å². The Morgan fingerprint density at radius 2 is 2.03 bits per heavy atom. The van der Waals surface area contributed by atoms with Gasteiger partial charge in [-0.05, 0) is 42.2 Å². The number of allylic oxidation sites excluding steroid dienone is 3. The second kappa shape index (κ2) is 9.59. The van der Waals surface area contributed by atoms with Crippen LogP contribution in [-0.2, 0) is 14.3 Å². The number of aryl methyl sites for hydroxylation is 1. The number of rotatable bonds is 5. The number of ether oxygens (including phenoxy) is 2. The van der Waals surface area contributed by atoms with Gasteiger partial charge in [0.1, 0.15) is 23.2 Å². The average Bonchev–Trinajstić information content (AvgIpc) is 2.78. The summed E-state index contributed by atoms with van der Waals surface area (Å²) in [5, 5.41) is 12.7. The maximum absolute atomic E-state index is 13.2. The van der Waals surface area contributed by atoms with Crippen molar-refractivity contribution in [2.75, 3.05) is 11.9 Å². The zero-order valence-electron chi connectivity index (χ0n) is 19.8. The van der Waals surface area contributed by atoms with Crippen LogP contribution in [-0.4, -0.2) is 18.3 Å². The molecule has 7 nitrogen and oxygen atoms in total. The first-order valence-electron chi connectivity index (χ1n) is 11.2. The fourth-order valence-corrected chi connectivity index (χ4v) is 5.02. The largest absolute Gasteiger partial charge is 0.483 e. The minimum atomic E-state index is -0.722. The topological polar surface area (TPSA) is 114 Å². The summed E-state index contributed by atoms with van der Waals surface area (Å²) in [4.78, 5) is 25.8. The van der Waals surface area contributed by atoms with Gasteiger partial charge in [0.25, 0.3) is 5.91 Å². The number of hydrogen-bond donors (Lipinski definition) is 2. The first-order chi connectivity index (χ1) is 16.6. The zero-order valence-corrected chi connectivity index (χ0v) is 21.4. The van der Waals surface area contributed by atoms with Crippen LogP contribution in [0.2, 0.25) is 0 Å². The molecule has 35 heavy (non-hydrogen) atoms. The van der Waals surface area contributed by atoms with Crippen LogP contribution < -0.4 is 15.8 Å². The molecule has 1 atom stereocenters. The lowest BCUT2D eigenvalue weighted by molar-refractivity contribution is -0.119. The van der Waals surface area contributed by atoms with E-state index in [4.69, 9.17) is 15.2 Å². The number of carbonyl (C=O) groups is 2. The van der Waals surface area contributed by atoms with Crippen molar-refractivity contribution in [1.82, 2.24) is 0 Å². The fourth-order valence-electron chi connectivity index (χ4n) is 4.54. The molecule has 0 fully saturated rings. The molecule has 0 bridgehead atoms. The highest BCUT2D eigenvalue weighted by molar-refractivity contribution is 9.10. The Labute approximate surface area is 212 Å². The smallest absolute Gasteiger partial charge is 0.262 e. The highest BCUT2D eigenvalue weighted by atomic mass is 79.9. The van der Waals surface area contributed by atoms with Gasteiger partial charge in [0.05, 0.1) is 5.92 Å². The number of nitrogens with one attached hydrogen (secondary N) is 1. The monoisotopic (exact) mass is 535 g/mol. The first kappa shape index (κ1) is 24.6. The number of nitriles is 1. The number of nitrogens with two attached hydrogens (primary N) is 1. The molecule has 1 amide bonds. The summed E-state index contributed by atoms with van der Waals surface area (Å²) in [5.41, 5.74) is 8.62. The molecular weight excluding hydrogens is 510 g/mol. The summed E-state index contributed by atoms with van der Waals surface area (Å²) in [6.07, 6.45) is 0.865. The molecule has 0 spiro atoms. The van der Waals surface area contributed by atoms with Crippen molar-refractivity contribution in [3.05, 3.63) is 80.9 Å². The average molecular weight is 536 g/mol. The number of anilines is 1. The summed E-state index contributed by atoms with van der Waals surface area (Å²) in [7, 11) is 0. The van der Waals surface area contributed by atoms with Gasteiger partial charge in [-0.15, -0.1) is 0 Å². The Hall–Kier alpha value is -3.57. The highest BCUT2D eigenvalue weighted by Crippen LogP contribution is 2.49. The maximum atomic E-state index is 13.2. The first-order valence-corrected chi connectivity index (χ1v) is 12.0. The third kappa shape index (κ3) is 5.10. The van der Waals surface area contributed by atoms with E-state index in [1.807, 2.05) is 39.0 Å². The Morgan fingerprint density at radius 3 is 2.74 bits per heavy atom. The highest BCUT2D eigenvalue weighted by Gasteiger charge is 2.43. The van der Waals surface area contributed by atoms with Gasteiger partial charge in [0, 0.05) is 34.1 Å². The van der Waals surface area contributed by atoms with Gasteiger partial charge in [-0.25, -0.2) is 0 Å². The van der Waals surface area contributed by atoms with Gasteiger partial charge in [0.15, 0.2) is 12.4 Å². The van der Waals surface area contributed by atoms with Gasteiger partial charge in [0.2, 0.25) is 5.88 Å². The number of benzene rings is 2. The number of carbonyl (C=O) groups excluding carboxylic acids is 2. The molecule has 3 N–H and O–H groups in total. The van der Waals surface area contributed by atoms with E-state index in [1.54, 1.807) is 24.3 Å². The Bertz CT molecular complexity index is 1320. The fraction of sp³-hybridized carbons (Fsp3) is 0.296. The molecule has 180 valence electrons. The predicted octanol–water partition coefficient (Wildman–Crippen LogP) is 5.23. The number of para-hydroxylation sites is 1. The van der Waals surface area contributed by atoms with E-state index in [2.05, 4.69) is 27.3 Å². The number of hydrogen-bond acceptors (Lipinski definition) is 6. The molecule has 2 aromatic carbocycles. The van der Waals surface area contributed by atoms with Crippen molar-refractivity contribution in [3.8, 4) is 11.8 Å². The molecule has 0 radical (unpaired) electrons. The second-order valence-corrected chi connectivity index (χ2v) is 10.5. The normalized spacial score (nSPS) is 18.9. The van der Waals surface area contributed by atoms with Crippen LogP contribution in [0.15, 0.2) is 69.7 Å². The van der Waals surface area contributed by atoms with E-state index in [9.17, 15) is 14.9 Å². The van der Waals surface area contributed by atoms with Gasteiger partial charge in [-0.3, -0.25) is 9.59 Å². The molecule has 0 aromatic heterocycles. The molecule has 0 saturated heterocycles. The van der Waals surface area contributed by atoms with Gasteiger partial charge in [-0.1, -0.05) is 48.0 Å². The lowest BCUT2D eigenvalue weighted by Gasteiger charge is -2.37. The predicted molar refractivity (Wildman–Crippen MR) is 135 cm³/mol. The summed E-state index contributed by atoms with van der Waals surface area (Å²) >= 11 is 3.41. The summed E-state index contributed by atoms with van der Waals surface area (Å²) in [5.74, 6) is -0.263. The Balaban J connectivity index is 1.63. The van der Waals surface area contributed by atoms with Crippen molar-refractivity contribution in [2.45, 2.75) is 39.5 Å². The number of Topliss-reactive ketones (excluding diaryl/α,β-unsaturated/α-hetero) is 1. The Kier molecular flexibility index (Phi) is 6.73. The lowest BCUT2D eigenvalue weighted by Crippen LogP contribution is -2.33. The molecular formula is C27H26BrN3O4. The van der Waals surface area contributed by atoms with Crippen LogP contribution in [0.25, 0.3) is 0 Å². The minimum Gasteiger partial charge on any atom is -0.483 e. The summed E-state index contributed by atoms with van der Waals surface area (Å²) in [6, 6.07) is 14.7. The summed E-state index contributed by atoms with van der Waals surface area (Å²) < 4.78 is 12.6. The van der Waals surface area contributed by atoms with E-state index >= 15 is 0 Å². The third-order valence-electron chi connectivity index (χ3n) is 6.13. The van der Waals surface area contributed by atoms with E-state index in [1.165, 1.54) is 0 Å². The molecule has 1 heterocycles. The lowest BCUT2D eigenvalue weighted by atomic mass is 9.70. The van der Waals surface area contributed by atoms with Crippen LogP contribution in [0.1, 0.15) is 43.7 Å². The van der Waals surface area contributed by atoms with Crippen molar-refractivity contribution >= 4 is 33.3 Å². The minimum absolute atomic E-state index is 0.0139. The molecule has 1 unspecified atom stereocenters. The van der Waals surface area contributed by atoms with E-state index < -0.39 is 5.92 Å². The van der Waals surface area contributed by atoms with Crippen LogP contribution in [0.4, 0.5) is 5.69 Å². The summed E-state index contributed by atoms with van der Waals surface area (Å²) in [6.45, 7) is 5.64. The van der Waals surface area contributed by atoms with Crippen molar-refractivity contribution in [3.63, 3.8) is 0 Å². The molecule has 2 aromatic rings. The SMILES string of the molecule is Cc1cc(Br)ccc1NC(=O)COc1ccccc1C1C(C#N)=C(N)OC2=C1C(=O)CC(C)(C)C2. The van der Waals surface area contributed by atoms with Gasteiger partial charge in [-0.2, -0.15) is 5.26 Å². The number of nitrogens with zero attached hydrogens (tertiary/aromatic N) is 1. The van der Waals surface area contributed by atoms with Crippen molar-refractivity contribution in [2.24, 2.45) is 11.1 Å². The van der Waals surface area contributed by atoms with E-state index in [-0.39, 0.29) is 35.2 Å². The standard InChI is InChI=1S/C27H26BrN3O4/c1-15-10-16(28)8-9-19(15)31-23(33)14-34-21-7-5-4-6-17(21)24-18(13-29)26(30)35-22-12-27(2,3)11-20(32)25(22)24/h4-10,24H,11-12,14,30H2,1-3H3,(H,31,33). The van der Waals surface area contributed by atoms with Crippen molar-refractivity contribution in [1.29, 1.82) is 5.26 Å². The Morgan fingerprint density at radius 1 is 1.29 bits per heavy atom. The number of ketones is 1. The van der Waals surface area contributed by atoms with Crippen LogP contribution >= 0.6 is 15.9 Å². The third-order valence-corrected chi connectivity index (χ3v) is 6.62. The van der Waals surface area contributed by atoms with Crippen LogP contribution in [0.5, 0.6) is 5.75 Å². The second-order valence-electron chi connectivity index (χ2n) is 9.54. The molecule has 1 aliphatic heterocycles. The molecule has 0 saturated carbocycles. The molecule has 1 aliphatic carbocycles. The van der Waals surface area contributed by atoms with E-state index in [0.717, 1.165) is 10.0 Å². The molecule has 4 rings (SSSR count). The van der Waals surface area contributed by atoms with Crippen molar-refractivity contribution < 1.29 is 19.1 Å². The molecule has 2 aliphatic rings. The van der Waals surface area contributed by atoms with E-state index in [0.29, 0.717) is 41.2 Å². The van der Waals surface area contributed by atoms with Gasteiger partial charge < -0.3 is 20.5 Å². The zero-order chi connectivity index (χ0) is 25.3. The molecule has 8 heteroatoms. The van der Waals surface area contributed by atoms with Crippen LogP contribution in [0.3, 0.4) is 0 Å². The van der Waals surface area contributed by atoms with Crippen LogP contribution in [0, 0.1) is 23.7 Å². The number of amides is 1.